The number of methoxy groups -OCH3 is 1. The molecule has 0 atom stereocenters. The second-order valence-electron chi connectivity index (χ2n) is 7.46. The first kappa shape index (κ1) is 22.6. The molecule has 0 spiro atoms. The Kier molecular flexibility index (Phi) is 6.50. The van der Waals surface area contributed by atoms with Crippen molar-refractivity contribution in [1.29, 1.82) is 0 Å². The number of rotatable bonds is 6. The van der Waals surface area contributed by atoms with Crippen molar-refractivity contribution in [2.75, 3.05) is 17.7 Å². The van der Waals surface area contributed by atoms with Gasteiger partial charge in [0.1, 0.15) is 11.4 Å². The number of anilines is 2. The quantitative estimate of drug-likeness (QED) is 0.548. The highest BCUT2D eigenvalue weighted by Crippen LogP contribution is 2.40. The Morgan fingerprint density at radius 3 is 2.42 bits per heavy atom. The Bertz CT molecular complexity index is 1190. The number of esters is 1. The monoisotopic (exact) mass is 441 g/mol. The van der Waals surface area contributed by atoms with E-state index in [4.69, 9.17) is 4.74 Å². The van der Waals surface area contributed by atoms with Crippen molar-refractivity contribution < 1.29 is 19.1 Å². The Hall–Kier alpha value is -3.13. The van der Waals surface area contributed by atoms with Gasteiger partial charge in [0.15, 0.2) is 5.69 Å². The summed E-state index contributed by atoms with van der Waals surface area (Å²) in [4.78, 5) is 39.4. The Morgan fingerprint density at radius 1 is 1.10 bits per heavy atom. The van der Waals surface area contributed by atoms with E-state index in [0.717, 1.165) is 43.9 Å². The molecule has 2 amide bonds. The maximum absolute atomic E-state index is 13.1. The van der Waals surface area contributed by atoms with Gasteiger partial charge in [0, 0.05) is 22.9 Å². The summed E-state index contributed by atoms with van der Waals surface area (Å²) in [5, 5.41) is 6.54. The van der Waals surface area contributed by atoms with E-state index in [9.17, 15) is 14.4 Å². The van der Waals surface area contributed by atoms with Crippen molar-refractivity contribution >= 4 is 50.7 Å². The van der Waals surface area contributed by atoms with Gasteiger partial charge >= 0.3 is 5.97 Å². The summed E-state index contributed by atoms with van der Waals surface area (Å²) in [6, 6.07) is 5.90. The smallest absolute Gasteiger partial charge is 0.356 e. The van der Waals surface area contributed by atoms with Gasteiger partial charge in [0.05, 0.1) is 12.8 Å². The largest absolute Gasteiger partial charge is 0.464 e. The topological polar surface area (TPSA) is 89.4 Å². The molecule has 31 heavy (non-hydrogen) atoms. The van der Waals surface area contributed by atoms with Gasteiger partial charge in [-0.2, -0.15) is 0 Å². The van der Waals surface area contributed by atoms with E-state index < -0.39 is 5.97 Å². The SMILES string of the molecule is CCc1cccc(C)c1NC(=O)Cn1c(C(=O)OC)c(NC(C)=O)c2c(C)c(C)sc21. The van der Waals surface area contributed by atoms with E-state index in [-0.39, 0.29) is 24.1 Å². The number of benzene rings is 1. The van der Waals surface area contributed by atoms with Crippen LogP contribution in [-0.2, 0) is 27.3 Å². The van der Waals surface area contributed by atoms with Crippen LogP contribution in [0.15, 0.2) is 18.2 Å². The fraction of sp³-hybridized carbons (Fsp3) is 0.348. The van der Waals surface area contributed by atoms with Crippen LogP contribution in [0.4, 0.5) is 11.4 Å². The number of ether oxygens (including phenoxy) is 1. The van der Waals surface area contributed by atoms with Crippen LogP contribution in [0, 0.1) is 20.8 Å². The number of nitrogens with one attached hydrogen (secondary N) is 2. The number of nitrogens with zero attached hydrogens (tertiary/aromatic N) is 1. The molecule has 0 radical (unpaired) electrons. The van der Waals surface area contributed by atoms with Crippen molar-refractivity contribution in [2.45, 2.75) is 47.6 Å². The average molecular weight is 442 g/mol. The van der Waals surface area contributed by atoms with Gasteiger partial charge in [0.2, 0.25) is 11.8 Å². The number of aromatic nitrogens is 1. The zero-order chi connectivity index (χ0) is 22.9. The van der Waals surface area contributed by atoms with E-state index in [2.05, 4.69) is 10.6 Å². The van der Waals surface area contributed by atoms with Crippen molar-refractivity contribution in [3.8, 4) is 0 Å². The van der Waals surface area contributed by atoms with Crippen molar-refractivity contribution in [3.05, 3.63) is 45.5 Å². The number of thiophene rings is 1. The van der Waals surface area contributed by atoms with Gasteiger partial charge in [-0.1, -0.05) is 25.1 Å². The summed E-state index contributed by atoms with van der Waals surface area (Å²) in [5.41, 5.74) is 4.31. The van der Waals surface area contributed by atoms with E-state index in [1.807, 2.05) is 45.9 Å². The Balaban J connectivity index is 2.11. The summed E-state index contributed by atoms with van der Waals surface area (Å²) in [7, 11) is 1.28. The fourth-order valence-corrected chi connectivity index (χ4v) is 4.90. The van der Waals surface area contributed by atoms with Crippen LogP contribution >= 0.6 is 11.3 Å². The van der Waals surface area contributed by atoms with Crippen LogP contribution in [0.1, 0.15) is 45.9 Å². The lowest BCUT2D eigenvalue weighted by atomic mass is 10.1. The molecular formula is C23H27N3O4S. The van der Waals surface area contributed by atoms with Crippen LogP contribution in [0.5, 0.6) is 0 Å². The molecule has 2 N–H and O–H groups in total. The minimum atomic E-state index is -0.609. The minimum Gasteiger partial charge on any atom is -0.464 e. The van der Waals surface area contributed by atoms with Gasteiger partial charge in [-0.15, -0.1) is 11.3 Å². The van der Waals surface area contributed by atoms with Crippen LogP contribution < -0.4 is 10.6 Å². The maximum atomic E-state index is 13.1. The number of amides is 2. The highest BCUT2D eigenvalue weighted by Gasteiger charge is 2.28. The molecule has 0 bridgehead atoms. The second-order valence-corrected chi connectivity index (χ2v) is 8.66. The highest BCUT2D eigenvalue weighted by molar-refractivity contribution is 7.19. The molecule has 3 rings (SSSR count). The molecule has 1 aromatic carbocycles. The third kappa shape index (κ3) is 4.20. The summed E-state index contributed by atoms with van der Waals surface area (Å²) in [6.45, 7) is 9.19. The molecule has 2 heterocycles. The molecule has 0 fully saturated rings. The van der Waals surface area contributed by atoms with Crippen LogP contribution in [-0.4, -0.2) is 29.5 Å². The van der Waals surface area contributed by atoms with E-state index in [1.165, 1.54) is 25.4 Å². The molecule has 2 aromatic heterocycles. The summed E-state index contributed by atoms with van der Waals surface area (Å²) in [5.74, 6) is -1.17. The van der Waals surface area contributed by atoms with Crippen LogP contribution in [0.25, 0.3) is 10.2 Å². The normalized spacial score (nSPS) is 10.9. The first-order chi connectivity index (χ1) is 14.7. The fourth-order valence-electron chi connectivity index (χ4n) is 3.73. The zero-order valence-corrected chi connectivity index (χ0v) is 19.5. The lowest BCUT2D eigenvalue weighted by molar-refractivity contribution is -0.116. The number of para-hydroxylation sites is 1. The third-order valence-electron chi connectivity index (χ3n) is 5.35. The van der Waals surface area contributed by atoms with Gasteiger partial charge in [-0.05, 0) is 43.9 Å². The van der Waals surface area contributed by atoms with Crippen LogP contribution in [0.2, 0.25) is 0 Å². The molecule has 0 aliphatic rings. The van der Waals surface area contributed by atoms with Crippen molar-refractivity contribution in [1.82, 2.24) is 4.57 Å². The number of carbonyl (C=O) groups excluding carboxylic acids is 3. The number of carbonyl (C=O) groups is 3. The third-order valence-corrected chi connectivity index (χ3v) is 6.58. The maximum Gasteiger partial charge on any atom is 0.356 e. The number of aryl methyl sites for hydroxylation is 4. The summed E-state index contributed by atoms with van der Waals surface area (Å²) < 4.78 is 6.62. The number of fused-ring (bicyclic) bond motifs is 1. The minimum absolute atomic E-state index is 0.0859. The molecule has 164 valence electrons. The molecule has 0 saturated carbocycles. The molecular weight excluding hydrogens is 414 g/mol. The Labute approximate surface area is 185 Å². The predicted octanol–water partition coefficient (Wildman–Crippen LogP) is 4.57. The standard InChI is InChI=1S/C23H27N3O4S/c1-7-16-10-8-9-12(2)19(16)25-17(28)11-26-21(23(29)30-6)20(24-15(5)27)18-13(3)14(4)31-22(18)26/h8-10H,7,11H2,1-6H3,(H,24,27)(H,25,28). The van der Waals surface area contributed by atoms with Crippen molar-refractivity contribution in [2.24, 2.45) is 0 Å². The van der Waals surface area contributed by atoms with E-state index in [0.29, 0.717) is 5.69 Å². The van der Waals surface area contributed by atoms with E-state index in [1.54, 1.807) is 4.57 Å². The molecule has 0 saturated heterocycles. The van der Waals surface area contributed by atoms with Gasteiger partial charge in [-0.25, -0.2) is 4.79 Å². The highest BCUT2D eigenvalue weighted by atomic mass is 32.1. The summed E-state index contributed by atoms with van der Waals surface area (Å²) in [6.07, 6.45) is 0.786. The van der Waals surface area contributed by atoms with E-state index >= 15 is 0 Å². The van der Waals surface area contributed by atoms with Gasteiger partial charge in [0.25, 0.3) is 0 Å². The molecule has 3 aromatic rings. The first-order valence-corrected chi connectivity index (χ1v) is 10.9. The molecule has 7 nitrogen and oxygen atoms in total. The van der Waals surface area contributed by atoms with Gasteiger partial charge < -0.3 is 19.9 Å². The van der Waals surface area contributed by atoms with Gasteiger partial charge in [-0.3, -0.25) is 9.59 Å². The average Bonchev–Trinajstić information content (AvgIpc) is 3.16. The zero-order valence-electron chi connectivity index (χ0n) is 18.6. The molecule has 0 unspecified atom stereocenters. The predicted molar refractivity (Wildman–Crippen MR) is 124 cm³/mol. The van der Waals surface area contributed by atoms with Crippen molar-refractivity contribution in [3.63, 3.8) is 0 Å². The molecule has 0 aliphatic heterocycles. The number of hydrogen-bond donors (Lipinski definition) is 2. The lowest BCUT2D eigenvalue weighted by Gasteiger charge is -2.15. The van der Waals surface area contributed by atoms with Crippen LogP contribution in [0.3, 0.4) is 0 Å². The molecule has 0 aliphatic carbocycles. The number of hydrogen-bond acceptors (Lipinski definition) is 5. The molecule has 8 heteroatoms. The lowest BCUT2D eigenvalue weighted by Crippen LogP contribution is -2.23. The first-order valence-electron chi connectivity index (χ1n) is 10.1. The Morgan fingerprint density at radius 2 is 1.81 bits per heavy atom. The second kappa shape index (κ2) is 8.93. The summed E-state index contributed by atoms with van der Waals surface area (Å²) >= 11 is 1.48.